The van der Waals surface area contributed by atoms with Gasteiger partial charge in [0.25, 0.3) is 0 Å². The van der Waals surface area contributed by atoms with E-state index >= 15 is 0 Å². The fraction of sp³-hybridized carbons (Fsp3) is 0.562. The lowest BCUT2D eigenvalue weighted by Gasteiger charge is -2.23. The van der Waals surface area contributed by atoms with Gasteiger partial charge in [0.05, 0.1) is 18.8 Å². The molecule has 4 nitrogen and oxygen atoms in total. The van der Waals surface area contributed by atoms with Crippen LogP contribution < -0.4 is 4.74 Å². The normalized spacial score (nSPS) is 18.9. The molecule has 1 saturated heterocycles. The molecular weight excluding hydrogens is 256 g/mol. The van der Waals surface area contributed by atoms with Gasteiger partial charge >= 0.3 is 5.97 Å². The van der Waals surface area contributed by atoms with Gasteiger partial charge in [0.2, 0.25) is 0 Å². The van der Waals surface area contributed by atoms with E-state index in [0.29, 0.717) is 18.1 Å². The van der Waals surface area contributed by atoms with Crippen LogP contribution in [0.2, 0.25) is 0 Å². The number of rotatable bonds is 5. The predicted octanol–water partition coefficient (Wildman–Crippen LogP) is 3.40. The van der Waals surface area contributed by atoms with Crippen molar-refractivity contribution in [1.82, 2.24) is 0 Å². The quantitative estimate of drug-likeness (QED) is 0.774. The molecule has 1 aromatic rings. The third-order valence-corrected chi connectivity index (χ3v) is 3.04. The standard InChI is InChI=1S/C16H22O4/c1-12(2)11-19-16(17)13-6-8-14(9-7-13)20-15-5-3-4-10-18-15/h6-9,12,15H,3-5,10-11H2,1-2H3. The number of carbonyl (C=O) groups is 1. The minimum atomic E-state index is -0.292. The summed E-state index contributed by atoms with van der Waals surface area (Å²) in [5.41, 5.74) is 0.544. The van der Waals surface area contributed by atoms with Gasteiger partial charge in [-0.2, -0.15) is 0 Å². The third kappa shape index (κ3) is 4.53. The van der Waals surface area contributed by atoms with Crippen molar-refractivity contribution in [1.29, 1.82) is 0 Å². The molecule has 1 fully saturated rings. The maximum absolute atomic E-state index is 11.8. The molecule has 0 radical (unpaired) electrons. The highest BCUT2D eigenvalue weighted by molar-refractivity contribution is 5.89. The highest BCUT2D eigenvalue weighted by Crippen LogP contribution is 2.20. The highest BCUT2D eigenvalue weighted by atomic mass is 16.7. The van der Waals surface area contributed by atoms with Gasteiger partial charge in [0.1, 0.15) is 5.75 Å². The van der Waals surface area contributed by atoms with E-state index < -0.39 is 0 Å². The van der Waals surface area contributed by atoms with E-state index in [9.17, 15) is 4.79 Å². The van der Waals surface area contributed by atoms with Crippen molar-refractivity contribution in [3.05, 3.63) is 29.8 Å². The first-order valence-corrected chi connectivity index (χ1v) is 7.20. The Hall–Kier alpha value is -1.55. The molecule has 0 N–H and O–H groups in total. The largest absolute Gasteiger partial charge is 0.465 e. The molecule has 0 spiro atoms. The minimum absolute atomic E-state index is 0.164. The summed E-state index contributed by atoms with van der Waals surface area (Å²) in [7, 11) is 0. The van der Waals surface area contributed by atoms with Crippen molar-refractivity contribution in [2.45, 2.75) is 39.4 Å². The zero-order valence-corrected chi connectivity index (χ0v) is 12.1. The Morgan fingerprint density at radius 3 is 2.65 bits per heavy atom. The van der Waals surface area contributed by atoms with Gasteiger partial charge in [-0.3, -0.25) is 0 Å². The Morgan fingerprint density at radius 1 is 1.30 bits per heavy atom. The van der Waals surface area contributed by atoms with Crippen molar-refractivity contribution in [2.75, 3.05) is 13.2 Å². The van der Waals surface area contributed by atoms with Gasteiger partial charge in [-0.15, -0.1) is 0 Å². The molecular formula is C16H22O4. The number of ether oxygens (including phenoxy) is 3. The van der Waals surface area contributed by atoms with Gasteiger partial charge in [-0.05, 0) is 43.0 Å². The monoisotopic (exact) mass is 278 g/mol. The summed E-state index contributed by atoms with van der Waals surface area (Å²) in [4.78, 5) is 11.8. The molecule has 0 aliphatic carbocycles. The number of benzene rings is 1. The molecule has 2 rings (SSSR count). The first-order valence-electron chi connectivity index (χ1n) is 7.20. The van der Waals surface area contributed by atoms with Crippen LogP contribution in [0.1, 0.15) is 43.5 Å². The van der Waals surface area contributed by atoms with Crippen molar-refractivity contribution in [3.63, 3.8) is 0 Å². The van der Waals surface area contributed by atoms with Crippen LogP contribution in [0.3, 0.4) is 0 Å². The van der Waals surface area contributed by atoms with Gasteiger partial charge in [0, 0.05) is 6.42 Å². The molecule has 20 heavy (non-hydrogen) atoms. The SMILES string of the molecule is CC(C)COC(=O)c1ccc(OC2CCCCO2)cc1. The maximum Gasteiger partial charge on any atom is 0.338 e. The molecule has 1 aromatic carbocycles. The van der Waals surface area contributed by atoms with Crippen LogP contribution in [0.5, 0.6) is 5.75 Å². The molecule has 0 aromatic heterocycles. The Labute approximate surface area is 120 Å². The van der Waals surface area contributed by atoms with E-state index in [4.69, 9.17) is 14.2 Å². The van der Waals surface area contributed by atoms with E-state index in [2.05, 4.69) is 0 Å². The smallest absolute Gasteiger partial charge is 0.338 e. The van der Waals surface area contributed by atoms with Crippen LogP contribution in [-0.2, 0) is 9.47 Å². The third-order valence-electron chi connectivity index (χ3n) is 3.04. The second kappa shape index (κ2) is 7.29. The summed E-state index contributed by atoms with van der Waals surface area (Å²) < 4.78 is 16.4. The Morgan fingerprint density at radius 2 is 2.05 bits per heavy atom. The fourth-order valence-corrected chi connectivity index (χ4v) is 1.95. The Kier molecular flexibility index (Phi) is 5.41. The van der Waals surface area contributed by atoms with Crippen LogP contribution in [-0.4, -0.2) is 25.5 Å². The average molecular weight is 278 g/mol. The lowest BCUT2D eigenvalue weighted by Crippen LogP contribution is -2.24. The summed E-state index contributed by atoms with van der Waals surface area (Å²) >= 11 is 0. The number of carbonyl (C=O) groups excluding carboxylic acids is 1. The summed E-state index contributed by atoms with van der Waals surface area (Å²) in [6.07, 6.45) is 2.98. The van der Waals surface area contributed by atoms with Crippen LogP contribution >= 0.6 is 0 Å². The number of esters is 1. The van der Waals surface area contributed by atoms with Crippen molar-refractivity contribution in [3.8, 4) is 5.75 Å². The van der Waals surface area contributed by atoms with Crippen LogP contribution in [0.25, 0.3) is 0 Å². The molecule has 1 aliphatic rings. The maximum atomic E-state index is 11.8. The van der Waals surface area contributed by atoms with Crippen molar-refractivity contribution < 1.29 is 19.0 Å². The summed E-state index contributed by atoms with van der Waals surface area (Å²) in [5.74, 6) is 0.765. The van der Waals surface area contributed by atoms with E-state index in [0.717, 1.165) is 31.6 Å². The highest BCUT2D eigenvalue weighted by Gasteiger charge is 2.15. The first kappa shape index (κ1) is 14.9. The minimum Gasteiger partial charge on any atom is -0.465 e. The fourth-order valence-electron chi connectivity index (χ4n) is 1.95. The summed E-state index contributed by atoms with van der Waals surface area (Å²) in [6.45, 7) is 5.21. The molecule has 4 heteroatoms. The molecule has 110 valence electrons. The lowest BCUT2D eigenvalue weighted by molar-refractivity contribution is -0.105. The molecule has 0 saturated carbocycles. The molecule has 1 atom stereocenters. The predicted molar refractivity (Wildman–Crippen MR) is 75.8 cm³/mol. The first-order chi connectivity index (χ1) is 9.65. The zero-order chi connectivity index (χ0) is 14.4. The number of hydrogen-bond donors (Lipinski definition) is 0. The average Bonchev–Trinajstić information content (AvgIpc) is 2.46. The molecule has 1 aliphatic heterocycles. The molecule has 1 unspecified atom stereocenters. The molecule has 0 amide bonds. The van der Waals surface area contributed by atoms with Crippen molar-refractivity contribution in [2.24, 2.45) is 5.92 Å². The Balaban J connectivity index is 1.87. The van der Waals surface area contributed by atoms with Gasteiger partial charge in [-0.25, -0.2) is 4.79 Å². The summed E-state index contributed by atoms with van der Waals surface area (Å²) in [5, 5.41) is 0. The molecule has 1 heterocycles. The zero-order valence-electron chi connectivity index (χ0n) is 12.1. The van der Waals surface area contributed by atoms with Gasteiger partial charge < -0.3 is 14.2 Å². The lowest BCUT2D eigenvalue weighted by atomic mass is 10.2. The topological polar surface area (TPSA) is 44.8 Å². The van der Waals surface area contributed by atoms with Gasteiger partial charge in [0.15, 0.2) is 6.29 Å². The van der Waals surface area contributed by atoms with E-state index in [1.54, 1.807) is 24.3 Å². The number of hydrogen-bond acceptors (Lipinski definition) is 4. The second-order valence-electron chi connectivity index (χ2n) is 5.43. The van der Waals surface area contributed by atoms with Crippen LogP contribution in [0, 0.1) is 5.92 Å². The van der Waals surface area contributed by atoms with Gasteiger partial charge in [-0.1, -0.05) is 13.8 Å². The van der Waals surface area contributed by atoms with E-state index in [-0.39, 0.29) is 12.3 Å². The van der Waals surface area contributed by atoms with E-state index in [1.165, 1.54) is 0 Å². The Bertz CT molecular complexity index is 419. The summed E-state index contributed by atoms with van der Waals surface area (Å²) in [6, 6.07) is 7.01. The van der Waals surface area contributed by atoms with Crippen molar-refractivity contribution >= 4 is 5.97 Å². The van der Waals surface area contributed by atoms with Crippen LogP contribution in [0.15, 0.2) is 24.3 Å². The molecule has 0 bridgehead atoms. The second-order valence-corrected chi connectivity index (χ2v) is 5.43. The van der Waals surface area contributed by atoms with E-state index in [1.807, 2.05) is 13.8 Å². The van der Waals surface area contributed by atoms with Crippen LogP contribution in [0.4, 0.5) is 0 Å².